The molecule has 0 bridgehead atoms. The molecule has 2 aliphatic rings. The molecule has 0 saturated carbocycles. The lowest BCUT2D eigenvalue weighted by atomic mass is 9.55. The molecule has 9 rings (SSSR count). The van der Waals surface area contributed by atoms with Crippen LogP contribution in [0.4, 0.5) is 17.1 Å². The fraction of sp³-hybridized carbons (Fsp3) is 0.200. The summed E-state index contributed by atoms with van der Waals surface area (Å²) < 4.78 is 6.40. The predicted molar refractivity (Wildman–Crippen MR) is 197 cm³/mol. The quantitative estimate of drug-likeness (QED) is 0.198. The van der Waals surface area contributed by atoms with Crippen LogP contribution >= 0.6 is 0 Å². The smallest absolute Gasteiger partial charge is 0.136 e. The first-order valence-electron chi connectivity index (χ1n) is 16.8. The topological polar surface area (TPSA) is 16.4 Å². The summed E-state index contributed by atoms with van der Waals surface area (Å²) in [5.41, 5.74) is 15.8. The van der Waals surface area contributed by atoms with E-state index in [0.29, 0.717) is 0 Å². The van der Waals surface area contributed by atoms with Gasteiger partial charge < -0.3 is 9.32 Å². The van der Waals surface area contributed by atoms with E-state index in [1.54, 1.807) is 0 Å². The van der Waals surface area contributed by atoms with Gasteiger partial charge in [0, 0.05) is 33.2 Å². The van der Waals surface area contributed by atoms with Gasteiger partial charge in [-0.1, -0.05) is 120 Å². The average Bonchev–Trinajstić information content (AvgIpc) is 3.57. The molecule has 0 amide bonds. The number of para-hydroxylation sites is 2. The van der Waals surface area contributed by atoms with Gasteiger partial charge in [0.2, 0.25) is 0 Å². The summed E-state index contributed by atoms with van der Waals surface area (Å²) in [6.45, 7) is 14.4. The molecule has 230 valence electrons. The fourth-order valence-corrected chi connectivity index (χ4v) is 8.55. The number of fused-ring (bicyclic) bond motifs is 10. The summed E-state index contributed by atoms with van der Waals surface area (Å²) in [4.78, 5) is 2.44. The van der Waals surface area contributed by atoms with Crippen LogP contribution in [0.15, 0.2) is 132 Å². The van der Waals surface area contributed by atoms with Crippen molar-refractivity contribution in [2.24, 2.45) is 0 Å². The molecule has 0 spiro atoms. The SMILES string of the molecule is CC1(C)c2ccccc2-c2ccc(N(c3ccccc3)c3ccc4c(c3)C(C)(C)C(C)(C)c3ccc5oc6ccccc6c5c3-4)cc21. The molecule has 6 aromatic carbocycles. The van der Waals surface area contributed by atoms with Crippen LogP contribution in [-0.4, -0.2) is 0 Å². The second-order valence-corrected chi connectivity index (χ2v) is 15.0. The monoisotopic (exact) mass is 609 g/mol. The highest BCUT2D eigenvalue weighted by molar-refractivity contribution is 6.14. The van der Waals surface area contributed by atoms with Crippen LogP contribution in [0.25, 0.3) is 44.2 Å². The van der Waals surface area contributed by atoms with Gasteiger partial charge >= 0.3 is 0 Å². The number of hydrogen-bond acceptors (Lipinski definition) is 2. The van der Waals surface area contributed by atoms with Crippen molar-refractivity contribution < 1.29 is 4.42 Å². The second-order valence-electron chi connectivity index (χ2n) is 15.0. The third-order valence-electron chi connectivity index (χ3n) is 11.8. The highest BCUT2D eigenvalue weighted by atomic mass is 16.3. The molecule has 0 radical (unpaired) electrons. The van der Waals surface area contributed by atoms with E-state index in [1.165, 1.54) is 66.7 Å². The van der Waals surface area contributed by atoms with Crippen molar-refractivity contribution in [3.63, 3.8) is 0 Å². The van der Waals surface area contributed by atoms with Gasteiger partial charge in [-0.3, -0.25) is 0 Å². The van der Waals surface area contributed by atoms with Gasteiger partial charge in [-0.15, -0.1) is 0 Å². The van der Waals surface area contributed by atoms with E-state index in [4.69, 9.17) is 4.42 Å². The van der Waals surface area contributed by atoms with E-state index in [-0.39, 0.29) is 16.2 Å². The Balaban J connectivity index is 1.28. The molecule has 1 heterocycles. The summed E-state index contributed by atoms with van der Waals surface area (Å²) in [6, 6.07) is 46.8. The summed E-state index contributed by atoms with van der Waals surface area (Å²) in [5.74, 6) is 0. The van der Waals surface area contributed by atoms with Gasteiger partial charge in [-0.2, -0.15) is 0 Å². The standard InChI is InChI=1S/C45H39NO/c1-43(2)35-18-12-10-16-31(35)32-22-20-29(26-37(32)43)46(28-14-8-7-9-15-28)30-21-23-33-38(27-30)45(5,6)44(3,4)36-24-25-40-42(41(33)36)34-17-11-13-19-39(34)47-40/h7-27H,1-6H3. The summed E-state index contributed by atoms with van der Waals surface area (Å²) in [7, 11) is 0. The van der Waals surface area contributed by atoms with Gasteiger partial charge in [0.15, 0.2) is 0 Å². The van der Waals surface area contributed by atoms with E-state index in [1.807, 2.05) is 0 Å². The molecule has 0 saturated heterocycles. The van der Waals surface area contributed by atoms with Gasteiger partial charge in [0.1, 0.15) is 11.2 Å². The lowest BCUT2D eigenvalue weighted by molar-refractivity contribution is 0.299. The van der Waals surface area contributed by atoms with Gasteiger partial charge in [-0.25, -0.2) is 0 Å². The van der Waals surface area contributed by atoms with Crippen molar-refractivity contribution in [2.75, 3.05) is 4.90 Å². The molecule has 0 fully saturated rings. The lowest BCUT2D eigenvalue weighted by Gasteiger charge is -2.48. The summed E-state index contributed by atoms with van der Waals surface area (Å²) in [5, 5.41) is 2.40. The molecule has 0 N–H and O–H groups in total. The Morgan fingerprint density at radius 2 is 1.06 bits per heavy atom. The Labute approximate surface area is 277 Å². The summed E-state index contributed by atoms with van der Waals surface area (Å²) in [6.07, 6.45) is 0. The van der Waals surface area contributed by atoms with Crippen LogP contribution in [0.5, 0.6) is 0 Å². The fourth-order valence-electron chi connectivity index (χ4n) is 8.55. The first-order chi connectivity index (χ1) is 22.6. The van der Waals surface area contributed by atoms with Crippen LogP contribution in [0.3, 0.4) is 0 Å². The van der Waals surface area contributed by atoms with Gasteiger partial charge in [-0.05, 0) is 104 Å². The Morgan fingerprint density at radius 1 is 0.447 bits per heavy atom. The normalized spacial score (nSPS) is 16.4. The molecule has 0 unspecified atom stereocenters. The van der Waals surface area contributed by atoms with Crippen LogP contribution in [-0.2, 0) is 16.2 Å². The minimum absolute atomic E-state index is 0.0748. The molecular weight excluding hydrogens is 571 g/mol. The van der Waals surface area contributed by atoms with E-state index >= 15 is 0 Å². The molecule has 2 aliphatic carbocycles. The highest BCUT2D eigenvalue weighted by Crippen LogP contribution is 2.58. The minimum atomic E-state index is -0.136. The largest absolute Gasteiger partial charge is 0.456 e. The molecule has 0 aliphatic heterocycles. The molecule has 7 aromatic rings. The van der Waals surface area contributed by atoms with Gasteiger partial charge in [0.05, 0.1) is 0 Å². The Bertz CT molecular complexity index is 2390. The zero-order valence-corrected chi connectivity index (χ0v) is 28.0. The minimum Gasteiger partial charge on any atom is -0.456 e. The summed E-state index contributed by atoms with van der Waals surface area (Å²) >= 11 is 0. The van der Waals surface area contributed by atoms with Crippen molar-refractivity contribution in [3.8, 4) is 22.3 Å². The van der Waals surface area contributed by atoms with Crippen molar-refractivity contribution in [1.29, 1.82) is 0 Å². The van der Waals surface area contributed by atoms with Crippen molar-refractivity contribution in [1.82, 2.24) is 0 Å². The maximum Gasteiger partial charge on any atom is 0.136 e. The number of nitrogens with zero attached hydrogens (tertiary/aromatic N) is 1. The van der Waals surface area contributed by atoms with Crippen LogP contribution in [0.1, 0.15) is 63.8 Å². The van der Waals surface area contributed by atoms with E-state index in [0.717, 1.165) is 16.9 Å². The zero-order valence-electron chi connectivity index (χ0n) is 28.0. The third kappa shape index (κ3) is 3.73. The Hall–Kier alpha value is -5.08. The maximum atomic E-state index is 6.40. The molecule has 1 aromatic heterocycles. The first-order valence-corrected chi connectivity index (χ1v) is 16.8. The molecule has 0 atom stereocenters. The Morgan fingerprint density at radius 3 is 1.85 bits per heavy atom. The number of hydrogen-bond donors (Lipinski definition) is 0. The molecule has 2 nitrogen and oxygen atoms in total. The third-order valence-corrected chi connectivity index (χ3v) is 11.8. The van der Waals surface area contributed by atoms with E-state index in [9.17, 15) is 0 Å². The number of anilines is 3. The zero-order chi connectivity index (χ0) is 32.3. The average molecular weight is 610 g/mol. The first kappa shape index (κ1) is 28.2. The number of furan rings is 1. The number of benzene rings is 6. The van der Waals surface area contributed by atoms with Crippen LogP contribution in [0, 0.1) is 0 Å². The second kappa shape index (κ2) is 9.48. The van der Waals surface area contributed by atoms with Crippen molar-refractivity contribution in [3.05, 3.63) is 150 Å². The number of rotatable bonds is 3. The lowest BCUT2D eigenvalue weighted by Crippen LogP contribution is -2.43. The maximum absolute atomic E-state index is 6.40. The molecule has 2 heteroatoms. The Kier molecular flexibility index (Phi) is 5.68. The van der Waals surface area contributed by atoms with Gasteiger partial charge in [0.25, 0.3) is 0 Å². The highest BCUT2D eigenvalue weighted by Gasteiger charge is 2.47. The van der Waals surface area contributed by atoms with Crippen molar-refractivity contribution in [2.45, 2.75) is 57.8 Å². The van der Waals surface area contributed by atoms with Crippen LogP contribution in [0.2, 0.25) is 0 Å². The molecule has 47 heavy (non-hydrogen) atoms. The van der Waals surface area contributed by atoms with Crippen LogP contribution < -0.4 is 4.90 Å². The van der Waals surface area contributed by atoms with Crippen molar-refractivity contribution >= 4 is 39.0 Å². The molecular formula is C45H39NO. The van der Waals surface area contributed by atoms with E-state index in [2.05, 4.69) is 174 Å². The van der Waals surface area contributed by atoms with E-state index < -0.39 is 0 Å². The predicted octanol–water partition coefficient (Wildman–Crippen LogP) is 12.6.